The van der Waals surface area contributed by atoms with Gasteiger partial charge in [-0.2, -0.15) is 0 Å². The van der Waals surface area contributed by atoms with Crippen LogP contribution in [0.5, 0.6) is 11.5 Å². The van der Waals surface area contributed by atoms with Gasteiger partial charge in [0.15, 0.2) is 0 Å². The standard InChI is InChI=1S/C79H84N4O/c1-50-41-69(80-48-62(50)70-71-63(76(8,9)37-39-78(71,12)13)47-64-72(70)79(14,15)40-38-77(64,10)11)83-65-32-20-19-29-60(65)61-36-35-57(46-68(61)83)84-56-28-23-27-55(45-56)81-49-82(67-34-22-21-33-66(67)81)73-58(51-25-17-16-18-26-51)30-24-31-59(73)52-42-53(74(2,3)4)44-54(43-52)75(5,6)7/h16-36,41-48H,37-40,49H2,1-15H3/i1D3,16D,17D,18D,19D,20D,25D,26D,29D,32D. The summed E-state index contributed by atoms with van der Waals surface area (Å²) in [6.45, 7) is 29.1. The minimum atomic E-state index is -2.65. The Balaban J connectivity index is 0.956. The molecule has 0 N–H and O–H groups in total. The van der Waals surface area contributed by atoms with E-state index >= 15 is 0 Å². The predicted molar refractivity (Wildman–Crippen MR) is 356 cm³/mol. The number of nitrogens with zero attached hydrogens (tertiary/aromatic N) is 4. The monoisotopic (exact) mass is 1120 g/mol. The summed E-state index contributed by atoms with van der Waals surface area (Å²) in [5, 5.41) is 0.755. The summed E-state index contributed by atoms with van der Waals surface area (Å²) in [7, 11) is 0. The Morgan fingerprint density at radius 2 is 1.10 bits per heavy atom. The molecule has 3 heterocycles. The lowest BCUT2D eigenvalue weighted by atomic mass is 9.55. The van der Waals surface area contributed by atoms with E-state index in [0.29, 0.717) is 39.2 Å². The number of anilines is 4. The van der Waals surface area contributed by atoms with Gasteiger partial charge in [-0.25, -0.2) is 4.98 Å². The first-order valence-corrected chi connectivity index (χ1v) is 29.8. The van der Waals surface area contributed by atoms with Crippen LogP contribution in [-0.2, 0) is 32.5 Å². The molecule has 3 aliphatic rings. The van der Waals surface area contributed by atoms with Crippen molar-refractivity contribution >= 4 is 44.6 Å². The molecule has 0 spiro atoms. The average Bonchev–Trinajstić information content (AvgIpc) is 1.29. The highest BCUT2D eigenvalue weighted by atomic mass is 16.5. The normalized spacial score (nSPS) is 19.0. The van der Waals surface area contributed by atoms with Gasteiger partial charge < -0.3 is 14.5 Å². The summed E-state index contributed by atoms with van der Waals surface area (Å²) < 4.78 is 118. The van der Waals surface area contributed by atoms with Crippen molar-refractivity contribution in [3.8, 4) is 50.7 Å². The van der Waals surface area contributed by atoms with Gasteiger partial charge in [0.05, 0.1) is 40.4 Å². The van der Waals surface area contributed by atoms with E-state index in [9.17, 15) is 9.60 Å². The van der Waals surface area contributed by atoms with Gasteiger partial charge in [0.1, 0.15) is 24.0 Å². The van der Waals surface area contributed by atoms with Crippen LogP contribution in [0.25, 0.3) is 61.0 Å². The zero-order valence-corrected chi connectivity index (χ0v) is 51.3. The molecule has 2 aromatic heterocycles. The Morgan fingerprint density at radius 1 is 0.512 bits per heavy atom. The van der Waals surface area contributed by atoms with Crippen LogP contribution in [0.3, 0.4) is 0 Å². The van der Waals surface area contributed by atoms with Crippen LogP contribution in [-0.4, -0.2) is 16.2 Å². The molecule has 0 atom stereocenters. The molecule has 426 valence electrons. The Morgan fingerprint density at radius 3 is 1.74 bits per heavy atom. The third-order valence-corrected chi connectivity index (χ3v) is 18.8. The minimum Gasteiger partial charge on any atom is -0.457 e. The van der Waals surface area contributed by atoms with E-state index in [2.05, 4.69) is 131 Å². The van der Waals surface area contributed by atoms with Gasteiger partial charge in [-0.15, -0.1) is 0 Å². The quantitative estimate of drug-likeness (QED) is 0.152. The second kappa shape index (κ2) is 19.6. The van der Waals surface area contributed by atoms with Crippen molar-refractivity contribution in [2.75, 3.05) is 16.5 Å². The summed E-state index contributed by atoms with van der Waals surface area (Å²) in [6.07, 6.45) is 5.48. The lowest BCUT2D eigenvalue weighted by molar-refractivity contribution is 0.314. The fraction of sp³-hybridized carbons (Fsp3) is 0.329. The molecule has 2 aliphatic carbocycles. The van der Waals surface area contributed by atoms with Gasteiger partial charge in [0.25, 0.3) is 0 Å². The third-order valence-electron chi connectivity index (χ3n) is 18.8. The van der Waals surface area contributed by atoms with E-state index in [4.69, 9.17) is 16.6 Å². The van der Waals surface area contributed by atoms with Crippen LogP contribution in [0.4, 0.5) is 22.7 Å². The molecule has 0 amide bonds. The highest BCUT2D eigenvalue weighted by molar-refractivity contribution is 6.09. The maximum absolute atomic E-state index is 9.52. The summed E-state index contributed by atoms with van der Waals surface area (Å²) in [6, 6.07) is 34.3. The second-order valence-corrected chi connectivity index (χ2v) is 28.5. The number of aryl methyl sites for hydroxylation is 1. The van der Waals surface area contributed by atoms with Gasteiger partial charge in [-0.3, -0.25) is 4.57 Å². The Kier molecular flexibility index (Phi) is 9.99. The molecule has 13 rings (SSSR count). The van der Waals surface area contributed by atoms with Crippen LogP contribution < -0.4 is 14.5 Å². The number of benzene rings is 8. The number of rotatable bonds is 8. The van der Waals surface area contributed by atoms with Crippen LogP contribution in [0, 0.1) is 6.85 Å². The largest absolute Gasteiger partial charge is 0.457 e. The van der Waals surface area contributed by atoms with Crippen LogP contribution in [0.2, 0.25) is 0 Å². The molecule has 5 heteroatoms. The minimum absolute atomic E-state index is 0.0946. The van der Waals surface area contributed by atoms with Gasteiger partial charge in [0.2, 0.25) is 0 Å². The number of fused-ring (bicyclic) bond motifs is 6. The number of aromatic nitrogens is 2. The molecule has 84 heavy (non-hydrogen) atoms. The van der Waals surface area contributed by atoms with Gasteiger partial charge in [0, 0.05) is 55.6 Å². The number of pyridine rings is 1. The molecule has 10 aromatic rings. The van der Waals surface area contributed by atoms with E-state index in [1.54, 1.807) is 35.0 Å². The van der Waals surface area contributed by atoms with E-state index < -0.39 is 37.1 Å². The van der Waals surface area contributed by atoms with Gasteiger partial charge >= 0.3 is 0 Å². The number of ether oxygens (including phenoxy) is 1. The molecule has 0 unspecified atom stereocenters. The summed E-state index contributed by atoms with van der Waals surface area (Å²) in [5.74, 6) is 1.01. The summed E-state index contributed by atoms with van der Waals surface area (Å²) in [4.78, 5) is 9.55. The first-order chi connectivity index (χ1) is 44.7. The summed E-state index contributed by atoms with van der Waals surface area (Å²) in [5.41, 5.74) is 13.2. The predicted octanol–water partition coefficient (Wildman–Crippen LogP) is 21.8. The maximum Gasteiger partial charge on any atom is 0.137 e. The Bertz CT molecular complexity index is 4810. The topological polar surface area (TPSA) is 33.5 Å². The fourth-order valence-electron chi connectivity index (χ4n) is 13.7. The van der Waals surface area contributed by atoms with Crippen molar-refractivity contribution in [3.63, 3.8) is 0 Å². The highest BCUT2D eigenvalue weighted by Crippen LogP contribution is 2.58. The molecular weight excluding hydrogens is 1020 g/mol. The van der Waals surface area contributed by atoms with Crippen molar-refractivity contribution in [1.29, 1.82) is 0 Å². The van der Waals surface area contributed by atoms with Crippen molar-refractivity contribution in [3.05, 3.63) is 215 Å². The summed E-state index contributed by atoms with van der Waals surface area (Å²) >= 11 is 0. The highest BCUT2D eigenvalue weighted by Gasteiger charge is 2.47. The van der Waals surface area contributed by atoms with E-state index in [1.165, 1.54) is 11.1 Å². The lowest BCUT2D eigenvalue weighted by Crippen LogP contribution is -2.40. The van der Waals surface area contributed by atoms with Crippen molar-refractivity contribution in [2.45, 2.75) is 162 Å². The van der Waals surface area contributed by atoms with Gasteiger partial charge in [-0.1, -0.05) is 206 Å². The maximum atomic E-state index is 9.52. The average molecular weight is 1120 g/mol. The molecule has 0 radical (unpaired) electrons. The second-order valence-electron chi connectivity index (χ2n) is 28.5. The third kappa shape index (κ3) is 9.32. The number of para-hydroxylation sites is 4. The molecule has 1 aliphatic heterocycles. The lowest BCUT2D eigenvalue weighted by Gasteiger charge is -2.49. The van der Waals surface area contributed by atoms with Gasteiger partial charge in [-0.05, 0) is 169 Å². The first kappa shape index (κ1) is 42.8. The first-order valence-electron chi connectivity index (χ1n) is 35.8. The molecular formula is C79H84N4O. The molecule has 0 bridgehead atoms. The van der Waals surface area contributed by atoms with Crippen molar-refractivity contribution in [2.24, 2.45) is 0 Å². The SMILES string of the molecule is [2H]c1c([2H])c([2H])c(-c2cccc(-c3cc(C(C)(C)C)cc(C(C)(C)C)c3)c2N2CN(c3cccc(Oc4ccc5c6c([2H])c([2H])c([2H])c([2H])c6n(-c6cc(C([2H])([2H])[2H])c(-c7c8c(cc9c7C(C)(C)CCC9(C)C)C(C)(C)CCC8(C)C)cn6)c5c4)c3)c3ccccc32)c([2H])c1[2H]. The molecule has 0 saturated heterocycles. The van der Waals surface area contributed by atoms with E-state index in [0.717, 1.165) is 81.7 Å². The van der Waals surface area contributed by atoms with Crippen molar-refractivity contribution < 1.29 is 21.2 Å². The fourth-order valence-corrected chi connectivity index (χ4v) is 13.7. The number of hydrogen-bond acceptors (Lipinski definition) is 4. The Labute approximate surface area is 517 Å². The van der Waals surface area contributed by atoms with Crippen LogP contribution in [0.1, 0.15) is 178 Å². The Hall–Kier alpha value is -7.89. The zero-order chi connectivity index (χ0) is 69.4. The van der Waals surface area contributed by atoms with E-state index in [-0.39, 0.29) is 91.2 Å². The zero-order valence-electron chi connectivity index (χ0n) is 63.3. The molecule has 5 nitrogen and oxygen atoms in total. The molecule has 8 aromatic carbocycles. The van der Waals surface area contributed by atoms with Crippen LogP contribution >= 0.6 is 0 Å². The number of hydrogen-bond donors (Lipinski definition) is 0. The smallest absolute Gasteiger partial charge is 0.137 e. The van der Waals surface area contributed by atoms with Crippen molar-refractivity contribution in [1.82, 2.24) is 9.55 Å². The molecule has 0 saturated carbocycles. The molecule has 0 fully saturated rings. The van der Waals surface area contributed by atoms with E-state index in [1.807, 2.05) is 66.7 Å². The van der Waals surface area contributed by atoms with Crippen LogP contribution in [0.15, 0.2) is 176 Å².